The van der Waals surface area contributed by atoms with Gasteiger partial charge < -0.3 is 0 Å². The van der Waals surface area contributed by atoms with E-state index in [1.807, 2.05) is 48.5 Å². The summed E-state index contributed by atoms with van der Waals surface area (Å²) in [7, 11) is 0. The SMILES string of the molecule is O=C(CCN1C(=O)/C(=C/c2cccc(Br)c2)SC1=S)NNC(=O)CCN1C(=O)/C(=C\c2cccc(Br)c2)SC1=S. The van der Waals surface area contributed by atoms with Crippen molar-refractivity contribution in [3.63, 3.8) is 0 Å². The Morgan fingerprint density at radius 1 is 0.750 bits per heavy atom. The topological polar surface area (TPSA) is 98.8 Å². The fraction of sp³-hybridized carbons (Fsp3) is 0.154. The normalized spacial score (nSPS) is 17.4. The number of hydrogen-bond acceptors (Lipinski definition) is 8. The summed E-state index contributed by atoms with van der Waals surface area (Å²) >= 11 is 19.8. The lowest BCUT2D eigenvalue weighted by atomic mass is 10.2. The maximum absolute atomic E-state index is 12.8. The molecule has 8 nitrogen and oxygen atoms in total. The van der Waals surface area contributed by atoms with Crippen LogP contribution in [0, 0.1) is 0 Å². The molecule has 2 aliphatic heterocycles. The van der Waals surface area contributed by atoms with Gasteiger partial charge in [-0.1, -0.05) is 104 Å². The molecule has 0 bridgehead atoms. The number of rotatable bonds is 8. The molecule has 0 spiro atoms. The zero-order chi connectivity index (χ0) is 28.8. The van der Waals surface area contributed by atoms with Gasteiger partial charge in [-0.3, -0.25) is 39.8 Å². The maximum Gasteiger partial charge on any atom is 0.266 e. The van der Waals surface area contributed by atoms with E-state index >= 15 is 0 Å². The van der Waals surface area contributed by atoms with Crippen LogP contribution in [0.3, 0.4) is 0 Å². The molecule has 2 saturated heterocycles. The van der Waals surface area contributed by atoms with Crippen molar-refractivity contribution in [3.05, 3.63) is 78.4 Å². The van der Waals surface area contributed by atoms with Gasteiger partial charge in [0.05, 0.1) is 9.81 Å². The van der Waals surface area contributed by atoms with Crippen molar-refractivity contribution in [1.29, 1.82) is 0 Å². The molecular weight excluding hydrogens is 720 g/mol. The van der Waals surface area contributed by atoms with Crippen LogP contribution in [0.15, 0.2) is 67.3 Å². The lowest BCUT2D eigenvalue weighted by Gasteiger charge is -2.15. The van der Waals surface area contributed by atoms with Gasteiger partial charge in [0, 0.05) is 34.9 Å². The van der Waals surface area contributed by atoms with Crippen LogP contribution in [0.4, 0.5) is 0 Å². The van der Waals surface area contributed by atoms with Crippen LogP contribution in [0.2, 0.25) is 0 Å². The first-order valence-electron chi connectivity index (χ1n) is 11.7. The third-order valence-electron chi connectivity index (χ3n) is 5.51. The van der Waals surface area contributed by atoms with Crippen LogP contribution < -0.4 is 10.9 Å². The second-order valence-electron chi connectivity index (χ2n) is 8.37. The zero-order valence-corrected chi connectivity index (χ0v) is 27.0. The maximum atomic E-state index is 12.8. The Morgan fingerprint density at radius 3 is 1.52 bits per heavy atom. The highest BCUT2D eigenvalue weighted by atomic mass is 79.9. The number of halogens is 2. The molecule has 40 heavy (non-hydrogen) atoms. The zero-order valence-electron chi connectivity index (χ0n) is 20.5. The number of benzene rings is 2. The summed E-state index contributed by atoms with van der Waals surface area (Å²) in [6, 6.07) is 15.0. The highest BCUT2D eigenvalue weighted by Crippen LogP contribution is 2.34. The van der Waals surface area contributed by atoms with Gasteiger partial charge in [0.25, 0.3) is 11.8 Å². The summed E-state index contributed by atoms with van der Waals surface area (Å²) in [5.41, 5.74) is 6.37. The first kappa shape index (κ1) is 30.6. The number of hydrogen-bond donors (Lipinski definition) is 2. The molecule has 2 fully saturated rings. The standard InChI is InChI=1S/C26H20Br2N4O4S4/c27-17-5-1-3-15(11-17)13-19-23(35)31(25(37)39-19)9-7-21(33)29-30-22(34)8-10-32-24(36)20(40-26(32)38)14-16-4-2-6-18(28)12-16/h1-6,11-14H,7-10H2,(H,29,33)(H,30,34)/b19-13-,20-14+. The molecule has 0 unspecified atom stereocenters. The monoisotopic (exact) mass is 738 g/mol. The Morgan fingerprint density at radius 2 is 1.15 bits per heavy atom. The van der Waals surface area contributed by atoms with E-state index in [4.69, 9.17) is 24.4 Å². The number of nitrogens with one attached hydrogen (secondary N) is 2. The van der Waals surface area contributed by atoms with Crippen LogP contribution in [0.5, 0.6) is 0 Å². The summed E-state index contributed by atoms with van der Waals surface area (Å²) in [6.07, 6.45) is 3.37. The van der Waals surface area contributed by atoms with E-state index in [1.165, 1.54) is 33.3 Å². The lowest BCUT2D eigenvalue weighted by molar-refractivity contribution is -0.130. The Labute approximate surface area is 266 Å². The van der Waals surface area contributed by atoms with Gasteiger partial charge in [-0.15, -0.1) is 0 Å². The predicted molar refractivity (Wildman–Crippen MR) is 174 cm³/mol. The molecule has 2 N–H and O–H groups in total. The summed E-state index contributed by atoms with van der Waals surface area (Å²) in [4.78, 5) is 53.8. The first-order chi connectivity index (χ1) is 19.1. The average Bonchev–Trinajstić information content (AvgIpc) is 3.32. The Bertz CT molecular complexity index is 1370. The molecule has 2 heterocycles. The first-order valence-corrected chi connectivity index (χ1v) is 15.7. The van der Waals surface area contributed by atoms with Crippen molar-refractivity contribution in [2.75, 3.05) is 13.1 Å². The van der Waals surface area contributed by atoms with Crippen LogP contribution in [-0.4, -0.2) is 55.2 Å². The van der Waals surface area contributed by atoms with Crippen molar-refractivity contribution >= 4 is 124 Å². The molecular formula is C26H20Br2N4O4S4. The van der Waals surface area contributed by atoms with Gasteiger partial charge in [0.15, 0.2) is 0 Å². The third-order valence-corrected chi connectivity index (χ3v) is 9.25. The molecule has 4 rings (SSSR count). The van der Waals surface area contributed by atoms with Crippen molar-refractivity contribution in [2.24, 2.45) is 0 Å². The summed E-state index contributed by atoms with van der Waals surface area (Å²) in [5, 5.41) is 0. The molecule has 2 aromatic carbocycles. The van der Waals surface area contributed by atoms with E-state index in [1.54, 1.807) is 12.2 Å². The number of thiocarbonyl (C=S) groups is 2. The number of thioether (sulfide) groups is 2. The Hall–Kier alpha value is -2.36. The molecule has 2 aromatic rings. The molecule has 14 heteroatoms. The van der Waals surface area contributed by atoms with E-state index in [0.29, 0.717) is 18.5 Å². The van der Waals surface area contributed by atoms with Crippen LogP contribution in [0.1, 0.15) is 24.0 Å². The van der Waals surface area contributed by atoms with Crippen LogP contribution in [-0.2, 0) is 19.2 Å². The van der Waals surface area contributed by atoms with Gasteiger partial charge >= 0.3 is 0 Å². The van der Waals surface area contributed by atoms with Gasteiger partial charge in [-0.25, -0.2) is 0 Å². The van der Waals surface area contributed by atoms with Crippen molar-refractivity contribution in [1.82, 2.24) is 20.7 Å². The molecule has 206 valence electrons. The summed E-state index contributed by atoms with van der Waals surface area (Å²) in [6.45, 7) is 0.145. The number of hydrazine groups is 1. The molecule has 2 aliphatic rings. The highest BCUT2D eigenvalue weighted by Gasteiger charge is 2.33. The molecule has 0 radical (unpaired) electrons. The van der Waals surface area contributed by atoms with Gasteiger partial charge in [-0.05, 0) is 47.5 Å². The van der Waals surface area contributed by atoms with Gasteiger partial charge in [0.1, 0.15) is 8.64 Å². The second-order valence-corrected chi connectivity index (χ2v) is 13.6. The smallest absolute Gasteiger partial charge is 0.266 e. The van der Waals surface area contributed by atoms with E-state index in [-0.39, 0.29) is 37.7 Å². The van der Waals surface area contributed by atoms with Crippen LogP contribution in [0.25, 0.3) is 12.2 Å². The van der Waals surface area contributed by atoms with E-state index in [2.05, 4.69) is 42.7 Å². The van der Waals surface area contributed by atoms with E-state index in [0.717, 1.165) is 20.1 Å². The largest absolute Gasteiger partial charge is 0.292 e. The number of carbonyl (C=O) groups is 4. The molecule has 0 saturated carbocycles. The van der Waals surface area contributed by atoms with Gasteiger partial charge in [0.2, 0.25) is 11.8 Å². The summed E-state index contributed by atoms with van der Waals surface area (Å²) in [5.74, 6) is -1.52. The third kappa shape index (κ3) is 8.10. The number of amides is 4. The quantitative estimate of drug-likeness (QED) is 0.216. The van der Waals surface area contributed by atoms with E-state index < -0.39 is 11.8 Å². The van der Waals surface area contributed by atoms with E-state index in [9.17, 15) is 19.2 Å². The molecule has 0 aliphatic carbocycles. The number of carbonyl (C=O) groups excluding carboxylic acids is 4. The molecule has 0 aromatic heterocycles. The predicted octanol–water partition coefficient (Wildman–Crippen LogP) is 5.24. The minimum Gasteiger partial charge on any atom is -0.292 e. The van der Waals surface area contributed by atoms with Gasteiger partial charge in [-0.2, -0.15) is 0 Å². The molecule has 0 atom stereocenters. The van der Waals surface area contributed by atoms with Crippen molar-refractivity contribution in [2.45, 2.75) is 12.8 Å². The van der Waals surface area contributed by atoms with Crippen LogP contribution >= 0.6 is 79.8 Å². The second kappa shape index (κ2) is 14.0. The number of nitrogens with zero attached hydrogens (tertiary/aromatic N) is 2. The minimum atomic E-state index is -0.485. The van der Waals surface area contributed by atoms with Crippen molar-refractivity contribution < 1.29 is 19.2 Å². The fourth-order valence-corrected chi connectivity index (χ4v) is 7.02. The van der Waals surface area contributed by atoms with Crippen molar-refractivity contribution in [3.8, 4) is 0 Å². The fourth-order valence-electron chi connectivity index (χ4n) is 3.57. The average molecular weight is 741 g/mol. The highest BCUT2D eigenvalue weighted by molar-refractivity contribution is 9.10. The summed E-state index contributed by atoms with van der Waals surface area (Å²) < 4.78 is 2.51. The Kier molecular flexibility index (Phi) is 10.7. The minimum absolute atomic E-state index is 0.0635. The lowest BCUT2D eigenvalue weighted by Crippen LogP contribution is -2.44. The molecule has 4 amide bonds. The Balaban J connectivity index is 1.21.